The van der Waals surface area contributed by atoms with Crippen LogP contribution in [0.2, 0.25) is 0 Å². The van der Waals surface area contributed by atoms with Crippen molar-refractivity contribution in [2.24, 2.45) is 0 Å². The first-order valence-corrected chi connectivity index (χ1v) is 11.4. The summed E-state index contributed by atoms with van der Waals surface area (Å²) in [6, 6.07) is 12.1. The monoisotopic (exact) mass is 448 g/mol. The van der Waals surface area contributed by atoms with Crippen molar-refractivity contribution in [1.29, 1.82) is 0 Å². The number of methoxy groups -OCH3 is 1. The number of nitrogens with one attached hydrogen (secondary N) is 1. The smallest absolute Gasteiger partial charge is 0.340 e. The van der Waals surface area contributed by atoms with E-state index < -0.39 is 5.97 Å². The lowest BCUT2D eigenvalue weighted by molar-refractivity contribution is 0.0601. The molecule has 8 heteroatoms. The molecule has 1 aromatic carbocycles. The topological polar surface area (TPSA) is 75.5 Å². The van der Waals surface area contributed by atoms with Gasteiger partial charge >= 0.3 is 5.97 Å². The van der Waals surface area contributed by atoms with Gasteiger partial charge in [-0.15, -0.1) is 0 Å². The predicted molar refractivity (Wildman–Crippen MR) is 130 cm³/mol. The number of anilines is 2. The average Bonchev–Trinajstić information content (AvgIpc) is 3.27. The average molecular weight is 449 g/mol. The zero-order valence-corrected chi connectivity index (χ0v) is 19.6. The summed E-state index contributed by atoms with van der Waals surface area (Å²) in [5.74, 6) is 0.457. The van der Waals surface area contributed by atoms with Gasteiger partial charge in [-0.3, -0.25) is 9.88 Å². The molecule has 8 nitrogen and oxygen atoms in total. The molecule has 0 radical (unpaired) electrons. The van der Waals surface area contributed by atoms with Crippen LogP contribution in [0.4, 0.5) is 11.5 Å². The fraction of sp³-hybridized carbons (Fsp3) is 0.400. The Labute approximate surface area is 195 Å². The molecule has 3 heterocycles. The van der Waals surface area contributed by atoms with Crippen molar-refractivity contribution < 1.29 is 9.53 Å². The highest BCUT2D eigenvalue weighted by Crippen LogP contribution is 2.35. The normalized spacial score (nSPS) is 16.7. The zero-order valence-electron chi connectivity index (χ0n) is 19.6. The maximum Gasteiger partial charge on any atom is 0.340 e. The summed E-state index contributed by atoms with van der Waals surface area (Å²) in [4.78, 5) is 21.3. The van der Waals surface area contributed by atoms with Gasteiger partial charge in [-0.1, -0.05) is 30.3 Å². The van der Waals surface area contributed by atoms with Gasteiger partial charge in [0.1, 0.15) is 5.82 Å². The number of likely N-dealkylation sites (N-methyl/N-ethyl adjacent to an activating group) is 1. The Morgan fingerprint density at radius 1 is 1.21 bits per heavy atom. The van der Waals surface area contributed by atoms with Crippen LogP contribution in [0.1, 0.15) is 29.2 Å². The minimum atomic E-state index is -0.403. The van der Waals surface area contributed by atoms with E-state index in [4.69, 9.17) is 9.84 Å². The maximum absolute atomic E-state index is 12.4. The number of pyridine rings is 1. The largest absolute Gasteiger partial charge is 0.465 e. The number of ether oxygens (including phenoxy) is 1. The Morgan fingerprint density at radius 2 is 2.03 bits per heavy atom. The lowest BCUT2D eigenvalue weighted by Gasteiger charge is -2.34. The number of nitrogens with zero attached hydrogens (tertiary/aromatic N) is 5. The van der Waals surface area contributed by atoms with Gasteiger partial charge in [0.15, 0.2) is 0 Å². The van der Waals surface area contributed by atoms with Crippen LogP contribution in [-0.2, 0) is 4.74 Å². The fourth-order valence-corrected chi connectivity index (χ4v) is 4.28. The van der Waals surface area contributed by atoms with Crippen LogP contribution in [-0.4, -0.2) is 77.9 Å². The highest BCUT2D eigenvalue weighted by atomic mass is 16.5. The van der Waals surface area contributed by atoms with E-state index >= 15 is 0 Å². The second kappa shape index (κ2) is 10.6. The number of aromatic nitrogens is 3. The quantitative estimate of drug-likeness (QED) is 0.527. The van der Waals surface area contributed by atoms with Crippen molar-refractivity contribution in [3.63, 3.8) is 0 Å². The van der Waals surface area contributed by atoms with E-state index in [1.807, 2.05) is 24.4 Å². The van der Waals surface area contributed by atoms with Crippen LogP contribution in [0.5, 0.6) is 0 Å². The summed E-state index contributed by atoms with van der Waals surface area (Å²) >= 11 is 0. The molecule has 0 spiro atoms. The van der Waals surface area contributed by atoms with Gasteiger partial charge in [-0.25, -0.2) is 9.48 Å². The molecule has 1 N–H and O–H groups in total. The van der Waals surface area contributed by atoms with Gasteiger partial charge in [0.05, 0.1) is 36.8 Å². The molecule has 0 amide bonds. The number of benzene rings is 1. The van der Waals surface area contributed by atoms with Crippen LogP contribution in [0, 0.1) is 0 Å². The summed E-state index contributed by atoms with van der Waals surface area (Å²) in [5, 5.41) is 8.29. The molecule has 0 bridgehead atoms. The third-order valence-electron chi connectivity index (χ3n) is 6.05. The van der Waals surface area contributed by atoms with E-state index in [1.54, 1.807) is 18.5 Å². The van der Waals surface area contributed by atoms with Crippen molar-refractivity contribution in [2.45, 2.75) is 18.9 Å². The lowest BCUT2D eigenvalue weighted by Crippen LogP contribution is -2.40. The SMILES string of the molecule is COC(=O)c1ccncc1Nc1c(-c2ccccc2)cnn1C1CCCN(CCN(C)C)C1. The molecule has 1 aliphatic heterocycles. The van der Waals surface area contributed by atoms with Crippen molar-refractivity contribution in [1.82, 2.24) is 24.6 Å². The number of carbonyl (C=O) groups excluding carboxylic acids is 1. The Bertz CT molecular complexity index is 1070. The van der Waals surface area contributed by atoms with Gasteiger partial charge in [0.2, 0.25) is 0 Å². The van der Waals surface area contributed by atoms with E-state index in [0.29, 0.717) is 11.3 Å². The summed E-state index contributed by atoms with van der Waals surface area (Å²) in [6.07, 6.45) is 7.34. The summed E-state index contributed by atoms with van der Waals surface area (Å²) in [6.45, 7) is 4.11. The van der Waals surface area contributed by atoms with Crippen molar-refractivity contribution in [2.75, 3.05) is 52.7 Å². The van der Waals surface area contributed by atoms with Gasteiger partial charge in [0, 0.05) is 31.4 Å². The zero-order chi connectivity index (χ0) is 23.2. The predicted octanol–water partition coefficient (Wildman–Crippen LogP) is 3.67. The van der Waals surface area contributed by atoms with Gasteiger partial charge in [-0.2, -0.15) is 5.10 Å². The Balaban J connectivity index is 1.69. The summed E-state index contributed by atoms with van der Waals surface area (Å²) in [5.41, 5.74) is 3.09. The van der Waals surface area contributed by atoms with Crippen LogP contribution in [0.3, 0.4) is 0 Å². The number of hydrogen-bond acceptors (Lipinski definition) is 7. The molecule has 1 atom stereocenters. The third kappa shape index (κ3) is 5.40. The number of esters is 1. The number of piperidine rings is 1. The standard InChI is InChI=1S/C25H32N6O2/c1-29(2)14-15-30-13-7-10-20(18-30)31-24(22(16-27-31)19-8-5-4-6-9-19)28-23-17-26-12-11-21(23)25(32)33-3/h4-6,8-9,11-12,16-17,20,28H,7,10,13-15,18H2,1-3H3. The molecule has 1 fully saturated rings. The molecule has 3 aromatic rings. The van der Waals surface area contributed by atoms with Crippen LogP contribution in [0.25, 0.3) is 11.1 Å². The second-order valence-corrected chi connectivity index (χ2v) is 8.66. The van der Waals surface area contributed by atoms with Gasteiger partial charge < -0.3 is 15.0 Å². The highest BCUT2D eigenvalue weighted by Gasteiger charge is 2.26. The molecular weight excluding hydrogens is 416 g/mol. The van der Waals surface area contributed by atoms with Crippen LogP contribution in [0.15, 0.2) is 55.0 Å². The number of hydrogen-bond donors (Lipinski definition) is 1. The first-order valence-electron chi connectivity index (χ1n) is 11.4. The number of likely N-dealkylation sites (tertiary alicyclic amines) is 1. The minimum absolute atomic E-state index is 0.235. The third-order valence-corrected chi connectivity index (χ3v) is 6.05. The van der Waals surface area contributed by atoms with E-state index in [9.17, 15) is 4.79 Å². The fourth-order valence-electron chi connectivity index (χ4n) is 4.28. The van der Waals surface area contributed by atoms with E-state index in [2.05, 4.69) is 51.0 Å². The van der Waals surface area contributed by atoms with Crippen molar-refractivity contribution >= 4 is 17.5 Å². The van der Waals surface area contributed by atoms with Crippen LogP contribution >= 0.6 is 0 Å². The molecule has 33 heavy (non-hydrogen) atoms. The summed E-state index contributed by atoms with van der Waals surface area (Å²) < 4.78 is 7.06. The number of carbonyl (C=O) groups is 1. The van der Waals surface area contributed by atoms with E-state index in [-0.39, 0.29) is 6.04 Å². The van der Waals surface area contributed by atoms with Crippen LogP contribution < -0.4 is 5.32 Å². The lowest BCUT2D eigenvalue weighted by atomic mass is 10.0. The van der Waals surface area contributed by atoms with Gasteiger partial charge in [-0.05, 0) is 45.1 Å². The van der Waals surface area contributed by atoms with Crippen molar-refractivity contribution in [3.05, 3.63) is 60.6 Å². The molecular formula is C25H32N6O2. The first kappa shape index (κ1) is 22.9. The Hall–Kier alpha value is -3.23. The Kier molecular flexibility index (Phi) is 7.36. The molecule has 2 aromatic heterocycles. The summed E-state index contributed by atoms with van der Waals surface area (Å²) in [7, 11) is 5.60. The second-order valence-electron chi connectivity index (χ2n) is 8.66. The molecule has 1 aliphatic rings. The molecule has 4 rings (SSSR count). The highest BCUT2D eigenvalue weighted by molar-refractivity contribution is 5.96. The minimum Gasteiger partial charge on any atom is -0.465 e. The van der Waals surface area contributed by atoms with Crippen molar-refractivity contribution in [3.8, 4) is 11.1 Å². The van der Waals surface area contributed by atoms with E-state index in [0.717, 1.165) is 56.0 Å². The molecule has 1 unspecified atom stereocenters. The maximum atomic E-state index is 12.4. The molecule has 0 saturated carbocycles. The molecule has 174 valence electrons. The molecule has 0 aliphatic carbocycles. The molecule has 1 saturated heterocycles. The number of rotatable bonds is 8. The Morgan fingerprint density at radius 3 is 2.79 bits per heavy atom. The van der Waals surface area contributed by atoms with E-state index in [1.165, 1.54) is 7.11 Å². The first-order chi connectivity index (χ1) is 16.1. The van der Waals surface area contributed by atoms with Gasteiger partial charge in [0.25, 0.3) is 0 Å².